The summed E-state index contributed by atoms with van der Waals surface area (Å²) in [4.78, 5) is 24.7. The molecule has 0 spiro atoms. The normalized spacial score (nSPS) is 49.5. The second kappa shape index (κ2) is 4.43. The van der Waals surface area contributed by atoms with Gasteiger partial charge in [-0.05, 0) is 49.4 Å². The monoisotopic (exact) mass is 260 g/mol. The van der Waals surface area contributed by atoms with E-state index in [0.717, 1.165) is 11.8 Å². The first kappa shape index (κ1) is 12.1. The molecule has 2 heteroatoms. The molecule has 2 nitrogen and oxygen atoms in total. The average molecular weight is 260 g/mol. The number of fused-ring (bicyclic) bond motifs is 6. The minimum atomic E-state index is 0.136. The fourth-order valence-corrected chi connectivity index (χ4v) is 6.15. The van der Waals surface area contributed by atoms with E-state index >= 15 is 0 Å². The van der Waals surface area contributed by atoms with Crippen LogP contribution in [0.5, 0.6) is 0 Å². The molecule has 104 valence electrons. The zero-order valence-electron chi connectivity index (χ0n) is 11.6. The third kappa shape index (κ3) is 1.68. The number of carbonyl (C=O) groups excluding carboxylic acids is 2. The van der Waals surface area contributed by atoms with Crippen LogP contribution in [0.15, 0.2) is 0 Å². The Hall–Kier alpha value is -0.660. The maximum absolute atomic E-state index is 12.3. The first-order valence-corrected chi connectivity index (χ1v) is 8.33. The summed E-state index contributed by atoms with van der Waals surface area (Å²) in [7, 11) is 0. The quantitative estimate of drug-likeness (QED) is 0.626. The number of ketones is 2. The van der Waals surface area contributed by atoms with Crippen LogP contribution in [0.3, 0.4) is 0 Å². The highest BCUT2D eigenvalue weighted by Gasteiger charge is 2.58. The van der Waals surface area contributed by atoms with Crippen LogP contribution in [0, 0.1) is 35.5 Å². The molecule has 0 aliphatic heterocycles. The smallest absolute Gasteiger partial charge is 0.144 e. The lowest BCUT2D eigenvalue weighted by Gasteiger charge is -2.52. The number of carbonyl (C=O) groups is 2. The molecule has 0 bridgehead atoms. The summed E-state index contributed by atoms with van der Waals surface area (Å²) in [6.45, 7) is 0. The first-order chi connectivity index (χ1) is 9.27. The van der Waals surface area contributed by atoms with Crippen LogP contribution in [0.25, 0.3) is 0 Å². The van der Waals surface area contributed by atoms with Gasteiger partial charge in [-0.25, -0.2) is 0 Å². The summed E-state index contributed by atoms with van der Waals surface area (Å²) < 4.78 is 0. The Bertz CT molecular complexity index is 375. The maximum Gasteiger partial charge on any atom is 0.144 e. The van der Waals surface area contributed by atoms with E-state index in [1.807, 2.05) is 0 Å². The van der Waals surface area contributed by atoms with E-state index < -0.39 is 0 Å². The van der Waals surface area contributed by atoms with Crippen molar-refractivity contribution in [2.75, 3.05) is 0 Å². The Morgan fingerprint density at radius 3 is 1.37 bits per heavy atom. The maximum atomic E-state index is 12.3. The molecule has 0 radical (unpaired) electrons. The zero-order chi connectivity index (χ0) is 13.0. The number of hydrogen-bond acceptors (Lipinski definition) is 2. The second-order valence-corrected chi connectivity index (χ2v) is 7.39. The largest absolute Gasteiger partial charge is 0.299 e. The number of Topliss-reactive ketones (excluding diaryl/α,β-unsaturated/α-hetero) is 2. The summed E-state index contributed by atoms with van der Waals surface area (Å²) in [5.74, 6) is 3.56. The van der Waals surface area contributed by atoms with Gasteiger partial charge in [0.05, 0.1) is 6.42 Å². The highest BCUT2D eigenvalue weighted by molar-refractivity contribution is 6.09. The topological polar surface area (TPSA) is 34.1 Å². The van der Waals surface area contributed by atoms with Gasteiger partial charge in [-0.15, -0.1) is 0 Å². The van der Waals surface area contributed by atoms with Crippen molar-refractivity contribution in [2.45, 2.75) is 57.8 Å². The van der Waals surface area contributed by atoms with Crippen LogP contribution in [0.2, 0.25) is 0 Å². The molecule has 0 aromatic heterocycles. The van der Waals surface area contributed by atoms with E-state index in [1.165, 1.54) is 51.4 Å². The fraction of sp³-hybridized carbons (Fsp3) is 0.882. The van der Waals surface area contributed by atoms with Gasteiger partial charge >= 0.3 is 0 Å². The van der Waals surface area contributed by atoms with Gasteiger partial charge in [-0.1, -0.05) is 25.7 Å². The van der Waals surface area contributed by atoms with Crippen molar-refractivity contribution in [1.29, 1.82) is 0 Å². The standard InChI is InChI=1S/C17H24O2/c18-14-9-15(19)17-13-8-4-2-6-11(13)10-5-1-3-7-12(10)16(14)17/h10-13,16-17H,1-9H2. The molecule has 4 aliphatic carbocycles. The van der Waals surface area contributed by atoms with E-state index in [9.17, 15) is 9.59 Å². The van der Waals surface area contributed by atoms with Crippen LogP contribution in [0.1, 0.15) is 57.8 Å². The van der Waals surface area contributed by atoms with E-state index in [0.29, 0.717) is 23.4 Å². The molecular formula is C17H24O2. The van der Waals surface area contributed by atoms with Crippen molar-refractivity contribution < 1.29 is 9.59 Å². The van der Waals surface area contributed by atoms with E-state index in [4.69, 9.17) is 0 Å². The number of rotatable bonds is 0. The Balaban J connectivity index is 1.74. The molecule has 4 saturated carbocycles. The Morgan fingerprint density at radius 1 is 0.579 bits per heavy atom. The van der Waals surface area contributed by atoms with E-state index in [1.54, 1.807) is 0 Å². The minimum Gasteiger partial charge on any atom is -0.299 e. The Labute approximate surface area is 115 Å². The van der Waals surface area contributed by atoms with Crippen LogP contribution in [0.4, 0.5) is 0 Å². The minimum absolute atomic E-state index is 0.136. The molecule has 0 saturated heterocycles. The fourth-order valence-electron chi connectivity index (χ4n) is 6.15. The molecule has 4 fully saturated rings. The average Bonchev–Trinajstić information content (AvgIpc) is 2.75. The third-order valence-corrected chi connectivity index (χ3v) is 6.70. The van der Waals surface area contributed by atoms with Gasteiger partial charge in [0.25, 0.3) is 0 Å². The second-order valence-electron chi connectivity index (χ2n) is 7.39. The third-order valence-electron chi connectivity index (χ3n) is 6.70. The van der Waals surface area contributed by atoms with Crippen molar-refractivity contribution in [3.05, 3.63) is 0 Å². The SMILES string of the molecule is O=C1CC(=O)C2C3CCCCC3C3CCCCC3C12. The first-order valence-electron chi connectivity index (χ1n) is 8.33. The van der Waals surface area contributed by atoms with E-state index in [2.05, 4.69) is 0 Å². The van der Waals surface area contributed by atoms with Crippen molar-refractivity contribution >= 4 is 11.6 Å². The van der Waals surface area contributed by atoms with Gasteiger partial charge in [-0.3, -0.25) is 9.59 Å². The molecule has 0 N–H and O–H groups in total. The lowest BCUT2D eigenvalue weighted by atomic mass is 9.51. The van der Waals surface area contributed by atoms with Gasteiger partial charge in [0.1, 0.15) is 11.6 Å². The lowest BCUT2D eigenvalue weighted by molar-refractivity contribution is -0.135. The predicted octanol–water partition coefficient (Wildman–Crippen LogP) is 3.39. The predicted molar refractivity (Wildman–Crippen MR) is 72.5 cm³/mol. The van der Waals surface area contributed by atoms with Crippen molar-refractivity contribution in [3.8, 4) is 0 Å². The summed E-state index contributed by atoms with van der Waals surface area (Å²) in [6.07, 6.45) is 10.6. The van der Waals surface area contributed by atoms with Gasteiger partial charge in [-0.2, -0.15) is 0 Å². The van der Waals surface area contributed by atoms with Crippen molar-refractivity contribution in [2.24, 2.45) is 35.5 Å². The van der Waals surface area contributed by atoms with Crippen molar-refractivity contribution in [3.63, 3.8) is 0 Å². The van der Waals surface area contributed by atoms with Crippen LogP contribution >= 0.6 is 0 Å². The zero-order valence-corrected chi connectivity index (χ0v) is 11.6. The summed E-state index contributed by atoms with van der Waals surface area (Å²) >= 11 is 0. The molecule has 6 atom stereocenters. The highest BCUT2D eigenvalue weighted by Crippen LogP contribution is 2.58. The van der Waals surface area contributed by atoms with E-state index in [-0.39, 0.29) is 18.3 Å². The molecule has 6 unspecified atom stereocenters. The van der Waals surface area contributed by atoms with Crippen LogP contribution in [-0.2, 0) is 9.59 Å². The molecule has 4 aliphatic rings. The Kier molecular flexibility index (Phi) is 2.82. The number of hydrogen-bond donors (Lipinski definition) is 0. The Morgan fingerprint density at radius 2 is 0.947 bits per heavy atom. The lowest BCUT2D eigenvalue weighted by Crippen LogP contribution is -2.49. The summed E-state index contributed by atoms with van der Waals surface area (Å²) in [5, 5.41) is 0. The van der Waals surface area contributed by atoms with Gasteiger partial charge in [0.15, 0.2) is 0 Å². The van der Waals surface area contributed by atoms with Gasteiger partial charge in [0, 0.05) is 11.8 Å². The molecule has 0 aromatic rings. The summed E-state index contributed by atoms with van der Waals surface area (Å²) in [5.41, 5.74) is 0. The molecule has 4 rings (SSSR count). The molecule has 0 aromatic carbocycles. The summed E-state index contributed by atoms with van der Waals surface area (Å²) in [6, 6.07) is 0. The molecular weight excluding hydrogens is 236 g/mol. The van der Waals surface area contributed by atoms with Crippen LogP contribution < -0.4 is 0 Å². The molecule has 0 amide bonds. The van der Waals surface area contributed by atoms with Gasteiger partial charge in [0.2, 0.25) is 0 Å². The molecule has 19 heavy (non-hydrogen) atoms. The van der Waals surface area contributed by atoms with Crippen LogP contribution in [-0.4, -0.2) is 11.6 Å². The van der Waals surface area contributed by atoms with Gasteiger partial charge < -0.3 is 0 Å². The molecule has 0 heterocycles. The van der Waals surface area contributed by atoms with Crippen molar-refractivity contribution in [1.82, 2.24) is 0 Å². The highest BCUT2D eigenvalue weighted by atomic mass is 16.2.